The Kier molecular flexibility index (Phi) is 3.61. The third-order valence-electron chi connectivity index (χ3n) is 3.10. The SMILES string of the molecule is CC(C)Oc1cccc(NC2(CO)CC2)c1[N+](=O)[O-]. The zero-order valence-electron chi connectivity index (χ0n) is 11.0. The van der Waals surface area contributed by atoms with Gasteiger partial charge in [-0.25, -0.2) is 0 Å². The Balaban J connectivity index is 2.34. The number of hydrogen-bond donors (Lipinski definition) is 2. The number of para-hydroxylation sites is 1. The molecule has 1 fully saturated rings. The van der Waals surface area contributed by atoms with Crippen LogP contribution in [0.15, 0.2) is 18.2 Å². The van der Waals surface area contributed by atoms with Crippen molar-refractivity contribution in [2.75, 3.05) is 11.9 Å². The van der Waals surface area contributed by atoms with Gasteiger partial charge in [0.2, 0.25) is 0 Å². The largest absolute Gasteiger partial charge is 0.484 e. The Labute approximate surface area is 111 Å². The predicted octanol–water partition coefficient (Wildman–Crippen LogP) is 2.32. The number of rotatable bonds is 6. The predicted molar refractivity (Wildman–Crippen MR) is 71.5 cm³/mol. The van der Waals surface area contributed by atoms with E-state index in [0.717, 1.165) is 12.8 Å². The zero-order chi connectivity index (χ0) is 14.0. The van der Waals surface area contributed by atoms with Gasteiger partial charge in [-0.05, 0) is 38.8 Å². The van der Waals surface area contributed by atoms with Gasteiger partial charge in [0.25, 0.3) is 0 Å². The standard InChI is InChI=1S/C13H18N2O4/c1-9(2)19-11-5-3-4-10(12(11)15(17)18)14-13(8-16)6-7-13/h3-5,9,14,16H,6-8H2,1-2H3. The lowest BCUT2D eigenvalue weighted by Crippen LogP contribution is -2.26. The fourth-order valence-corrected chi connectivity index (χ4v) is 1.92. The van der Waals surface area contributed by atoms with E-state index in [1.54, 1.807) is 18.2 Å². The molecule has 104 valence electrons. The number of nitro benzene ring substituents is 1. The summed E-state index contributed by atoms with van der Waals surface area (Å²) in [5.74, 6) is 0.249. The van der Waals surface area contributed by atoms with Crippen LogP contribution in [0.4, 0.5) is 11.4 Å². The molecule has 0 bridgehead atoms. The lowest BCUT2D eigenvalue weighted by molar-refractivity contribution is -0.385. The summed E-state index contributed by atoms with van der Waals surface area (Å²) in [7, 11) is 0. The van der Waals surface area contributed by atoms with Gasteiger partial charge in [-0.1, -0.05) is 6.07 Å². The van der Waals surface area contributed by atoms with E-state index < -0.39 is 10.5 Å². The van der Waals surface area contributed by atoms with Gasteiger partial charge in [0.05, 0.1) is 23.2 Å². The summed E-state index contributed by atoms with van der Waals surface area (Å²) < 4.78 is 5.47. The summed E-state index contributed by atoms with van der Waals surface area (Å²) in [6.07, 6.45) is 1.49. The summed E-state index contributed by atoms with van der Waals surface area (Å²) in [5.41, 5.74) is -0.0769. The zero-order valence-corrected chi connectivity index (χ0v) is 11.0. The molecule has 0 radical (unpaired) electrons. The van der Waals surface area contributed by atoms with Crippen LogP contribution < -0.4 is 10.1 Å². The van der Waals surface area contributed by atoms with Crippen molar-refractivity contribution in [2.45, 2.75) is 38.3 Å². The molecule has 2 N–H and O–H groups in total. The summed E-state index contributed by atoms with van der Waals surface area (Å²) in [4.78, 5) is 10.8. The van der Waals surface area contributed by atoms with Crippen molar-refractivity contribution >= 4 is 11.4 Å². The van der Waals surface area contributed by atoms with E-state index in [1.165, 1.54) is 0 Å². The number of nitrogens with one attached hydrogen (secondary N) is 1. The third kappa shape index (κ3) is 2.96. The molecule has 0 atom stereocenters. The highest BCUT2D eigenvalue weighted by molar-refractivity contribution is 5.69. The van der Waals surface area contributed by atoms with Gasteiger partial charge >= 0.3 is 5.69 Å². The summed E-state index contributed by atoms with van der Waals surface area (Å²) >= 11 is 0. The molecule has 6 heteroatoms. The van der Waals surface area contributed by atoms with Crippen molar-refractivity contribution in [3.05, 3.63) is 28.3 Å². The van der Waals surface area contributed by atoms with Crippen molar-refractivity contribution < 1.29 is 14.8 Å². The van der Waals surface area contributed by atoms with E-state index in [1.807, 2.05) is 13.8 Å². The molecule has 1 aliphatic carbocycles. The first-order chi connectivity index (χ1) is 8.97. The second kappa shape index (κ2) is 5.05. The molecular formula is C13H18N2O4. The molecule has 6 nitrogen and oxygen atoms in total. The monoisotopic (exact) mass is 266 g/mol. The Morgan fingerprint density at radius 3 is 2.68 bits per heavy atom. The van der Waals surface area contributed by atoms with Gasteiger partial charge in [-0.2, -0.15) is 0 Å². The van der Waals surface area contributed by atoms with Gasteiger partial charge in [0.15, 0.2) is 5.75 Å². The molecule has 1 aromatic rings. The first-order valence-electron chi connectivity index (χ1n) is 6.30. The molecular weight excluding hydrogens is 248 g/mol. The number of aliphatic hydroxyl groups is 1. The fraction of sp³-hybridized carbons (Fsp3) is 0.538. The van der Waals surface area contributed by atoms with Gasteiger partial charge < -0.3 is 15.2 Å². The molecule has 0 heterocycles. The molecule has 0 amide bonds. The minimum atomic E-state index is -0.451. The van der Waals surface area contributed by atoms with Gasteiger partial charge in [0, 0.05) is 0 Å². The smallest absolute Gasteiger partial charge is 0.333 e. The Morgan fingerprint density at radius 2 is 2.21 bits per heavy atom. The third-order valence-corrected chi connectivity index (χ3v) is 3.10. The van der Waals surface area contributed by atoms with Crippen LogP contribution >= 0.6 is 0 Å². The van der Waals surface area contributed by atoms with Crippen LogP contribution in [-0.4, -0.2) is 28.3 Å². The number of benzene rings is 1. The molecule has 0 saturated heterocycles. The first kappa shape index (κ1) is 13.6. The van der Waals surface area contributed by atoms with Crippen molar-refractivity contribution in [1.29, 1.82) is 0 Å². The lowest BCUT2D eigenvalue weighted by Gasteiger charge is -2.17. The van der Waals surface area contributed by atoms with Crippen LogP contribution in [-0.2, 0) is 0 Å². The number of hydrogen-bond acceptors (Lipinski definition) is 5. The Morgan fingerprint density at radius 1 is 1.53 bits per heavy atom. The number of nitro groups is 1. The van der Waals surface area contributed by atoms with Crippen LogP contribution in [0.3, 0.4) is 0 Å². The summed E-state index contributed by atoms with van der Waals surface area (Å²) in [5, 5.41) is 23.6. The van der Waals surface area contributed by atoms with Crippen LogP contribution in [0.2, 0.25) is 0 Å². The summed E-state index contributed by atoms with van der Waals surface area (Å²) in [6.45, 7) is 3.61. The average Bonchev–Trinajstić information content (AvgIpc) is 3.08. The fourth-order valence-electron chi connectivity index (χ4n) is 1.92. The van der Waals surface area contributed by atoms with Crippen LogP contribution in [0, 0.1) is 10.1 Å². The maximum atomic E-state index is 11.2. The minimum absolute atomic E-state index is 0.0284. The van der Waals surface area contributed by atoms with Gasteiger partial charge in [-0.3, -0.25) is 10.1 Å². The molecule has 2 rings (SSSR count). The van der Waals surface area contributed by atoms with Crippen molar-refractivity contribution in [3.8, 4) is 5.75 Å². The highest BCUT2D eigenvalue weighted by Crippen LogP contribution is 2.43. The number of ether oxygens (including phenoxy) is 1. The summed E-state index contributed by atoms with van der Waals surface area (Å²) in [6, 6.07) is 4.93. The van der Waals surface area contributed by atoms with Crippen LogP contribution in [0.25, 0.3) is 0 Å². The van der Waals surface area contributed by atoms with Crippen LogP contribution in [0.1, 0.15) is 26.7 Å². The number of nitrogens with zero attached hydrogens (tertiary/aromatic N) is 1. The molecule has 0 unspecified atom stereocenters. The molecule has 1 aromatic carbocycles. The molecule has 1 aliphatic rings. The maximum Gasteiger partial charge on any atom is 0.333 e. The topological polar surface area (TPSA) is 84.6 Å². The number of aliphatic hydroxyl groups excluding tert-OH is 1. The normalized spacial score (nSPS) is 16.2. The Hall–Kier alpha value is -1.82. The molecule has 1 saturated carbocycles. The van der Waals surface area contributed by atoms with E-state index in [4.69, 9.17) is 4.74 Å². The van der Waals surface area contributed by atoms with Crippen molar-refractivity contribution in [2.24, 2.45) is 0 Å². The van der Waals surface area contributed by atoms with Gasteiger partial charge in [-0.15, -0.1) is 0 Å². The molecule has 19 heavy (non-hydrogen) atoms. The van der Waals surface area contributed by atoms with E-state index >= 15 is 0 Å². The van der Waals surface area contributed by atoms with Gasteiger partial charge in [0.1, 0.15) is 5.69 Å². The first-order valence-corrected chi connectivity index (χ1v) is 6.30. The highest BCUT2D eigenvalue weighted by Gasteiger charge is 2.43. The lowest BCUT2D eigenvalue weighted by atomic mass is 10.2. The maximum absolute atomic E-state index is 11.2. The molecule has 0 aliphatic heterocycles. The van der Waals surface area contributed by atoms with E-state index in [2.05, 4.69) is 5.32 Å². The van der Waals surface area contributed by atoms with E-state index in [9.17, 15) is 15.2 Å². The van der Waals surface area contributed by atoms with Crippen LogP contribution in [0.5, 0.6) is 5.75 Å². The number of anilines is 1. The molecule has 0 spiro atoms. The minimum Gasteiger partial charge on any atom is -0.484 e. The van der Waals surface area contributed by atoms with Crippen molar-refractivity contribution in [1.82, 2.24) is 0 Å². The van der Waals surface area contributed by atoms with E-state index in [0.29, 0.717) is 5.69 Å². The quantitative estimate of drug-likeness (QED) is 0.609. The second-order valence-electron chi connectivity index (χ2n) is 5.14. The molecule has 0 aromatic heterocycles. The highest BCUT2D eigenvalue weighted by atomic mass is 16.6. The Bertz CT molecular complexity index is 484. The average molecular weight is 266 g/mol. The van der Waals surface area contributed by atoms with E-state index in [-0.39, 0.29) is 24.1 Å². The van der Waals surface area contributed by atoms with Crippen molar-refractivity contribution in [3.63, 3.8) is 0 Å². The second-order valence-corrected chi connectivity index (χ2v) is 5.14.